The molecule has 0 fully saturated rings. The third kappa shape index (κ3) is 3.82. The van der Waals surface area contributed by atoms with Crippen molar-refractivity contribution in [2.45, 2.75) is 46.3 Å². The second-order valence-corrected chi connectivity index (χ2v) is 10.5. The van der Waals surface area contributed by atoms with Crippen molar-refractivity contribution in [3.8, 4) is 0 Å². The molecule has 0 bridgehead atoms. The van der Waals surface area contributed by atoms with Gasteiger partial charge in [-0.25, -0.2) is 0 Å². The van der Waals surface area contributed by atoms with Gasteiger partial charge in [0.25, 0.3) is 0 Å². The molecule has 0 heterocycles. The second-order valence-electron chi connectivity index (χ2n) is 6.11. The van der Waals surface area contributed by atoms with Gasteiger partial charge in [-0.2, -0.15) is 0 Å². The fraction of sp³-hybridized carbons (Fsp3) is 0.714. The van der Waals surface area contributed by atoms with Crippen LogP contribution >= 0.6 is 0 Å². The summed E-state index contributed by atoms with van der Waals surface area (Å²) in [5, 5.41) is 0. The quantitative estimate of drug-likeness (QED) is 0.514. The van der Waals surface area contributed by atoms with E-state index in [1.807, 2.05) is 0 Å². The molecule has 0 N–H and O–H groups in total. The molecule has 0 aromatic carbocycles. The SMILES string of the molecule is C=C[C@H]1C=C(O[Si](C)(C)C)CC[C@@H]1C(C)C. The van der Waals surface area contributed by atoms with E-state index in [4.69, 9.17) is 4.43 Å². The van der Waals surface area contributed by atoms with Crippen LogP contribution in [-0.4, -0.2) is 8.32 Å². The Morgan fingerprint density at radius 3 is 2.50 bits per heavy atom. The predicted octanol–water partition coefficient (Wildman–Crippen LogP) is 4.59. The largest absolute Gasteiger partial charge is 0.548 e. The van der Waals surface area contributed by atoms with E-state index in [1.165, 1.54) is 12.2 Å². The Balaban J connectivity index is 2.74. The van der Waals surface area contributed by atoms with Crippen LogP contribution in [0.3, 0.4) is 0 Å². The highest BCUT2D eigenvalue weighted by atomic mass is 28.4. The van der Waals surface area contributed by atoms with Gasteiger partial charge in [0.15, 0.2) is 0 Å². The van der Waals surface area contributed by atoms with Crippen LogP contribution in [0.2, 0.25) is 19.6 Å². The minimum absolute atomic E-state index is 0.500. The fourth-order valence-electron chi connectivity index (χ4n) is 2.42. The topological polar surface area (TPSA) is 9.23 Å². The van der Waals surface area contributed by atoms with E-state index >= 15 is 0 Å². The second kappa shape index (κ2) is 5.22. The summed E-state index contributed by atoms with van der Waals surface area (Å²) in [4.78, 5) is 0. The molecule has 16 heavy (non-hydrogen) atoms. The first-order chi connectivity index (χ1) is 7.33. The maximum absolute atomic E-state index is 6.09. The molecule has 0 spiro atoms. The number of rotatable bonds is 4. The standard InChI is InChI=1S/C14H26OSi/c1-7-12-10-13(15-16(4,5)6)8-9-14(12)11(2)3/h7,10-12,14H,1,8-9H2,2-6H3/t12-,14+/m0/s1. The molecule has 2 atom stereocenters. The Labute approximate surface area is 102 Å². The molecule has 0 unspecified atom stereocenters. The number of allylic oxidation sites excluding steroid dienone is 3. The van der Waals surface area contributed by atoms with E-state index in [2.05, 4.69) is 52.2 Å². The molecule has 1 aliphatic rings. The molecule has 92 valence electrons. The van der Waals surface area contributed by atoms with Crippen LogP contribution < -0.4 is 0 Å². The zero-order chi connectivity index (χ0) is 12.3. The van der Waals surface area contributed by atoms with E-state index in [9.17, 15) is 0 Å². The van der Waals surface area contributed by atoms with Crippen molar-refractivity contribution in [3.05, 3.63) is 24.5 Å². The van der Waals surface area contributed by atoms with E-state index in [0.717, 1.165) is 18.3 Å². The maximum atomic E-state index is 6.09. The molecular formula is C14H26OSi. The molecule has 1 rings (SSSR count). The fourth-order valence-corrected chi connectivity index (χ4v) is 3.38. The van der Waals surface area contributed by atoms with Crippen LogP contribution in [0.25, 0.3) is 0 Å². The van der Waals surface area contributed by atoms with Crippen LogP contribution in [-0.2, 0) is 4.43 Å². The highest BCUT2D eigenvalue weighted by Gasteiger charge is 2.27. The summed E-state index contributed by atoms with van der Waals surface area (Å²) >= 11 is 0. The summed E-state index contributed by atoms with van der Waals surface area (Å²) < 4.78 is 6.09. The van der Waals surface area contributed by atoms with Crippen LogP contribution in [0.1, 0.15) is 26.7 Å². The van der Waals surface area contributed by atoms with Gasteiger partial charge in [-0.1, -0.05) is 19.9 Å². The van der Waals surface area contributed by atoms with Crippen molar-refractivity contribution in [2.24, 2.45) is 17.8 Å². The lowest BCUT2D eigenvalue weighted by Crippen LogP contribution is -2.28. The Morgan fingerprint density at radius 2 is 2.06 bits per heavy atom. The molecular weight excluding hydrogens is 212 g/mol. The van der Waals surface area contributed by atoms with Gasteiger partial charge in [0.2, 0.25) is 8.32 Å². The molecule has 1 nitrogen and oxygen atoms in total. The van der Waals surface area contributed by atoms with Gasteiger partial charge in [-0.05, 0) is 44.0 Å². The lowest BCUT2D eigenvalue weighted by molar-refractivity contribution is 0.262. The van der Waals surface area contributed by atoms with Gasteiger partial charge in [-0.15, -0.1) is 6.58 Å². The average Bonchev–Trinajstić information content (AvgIpc) is 2.14. The summed E-state index contributed by atoms with van der Waals surface area (Å²) in [5.74, 6) is 3.18. The van der Waals surface area contributed by atoms with Gasteiger partial charge in [-0.3, -0.25) is 0 Å². The van der Waals surface area contributed by atoms with Gasteiger partial charge in [0.1, 0.15) is 0 Å². The van der Waals surface area contributed by atoms with Crippen molar-refractivity contribution >= 4 is 8.32 Å². The van der Waals surface area contributed by atoms with Crippen molar-refractivity contribution in [1.82, 2.24) is 0 Å². The molecule has 0 radical (unpaired) electrons. The first-order valence-electron chi connectivity index (χ1n) is 6.36. The van der Waals surface area contributed by atoms with Gasteiger partial charge in [0.05, 0.1) is 5.76 Å². The number of hydrogen-bond donors (Lipinski definition) is 0. The lowest BCUT2D eigenvalue weighted by atomic mass is 9.76. The Hall–Kier alpha value is -0.503. The minimum Gasteiger partial charge on any atom is -0.548 e. The highest BCUT2D eigenvalue weighted by Crippen LogP contribution is 2.35. The van der Waals surface area contributed by atoms with Crippen LogP contribution in [0.4, 0.5) is 0 Å². The Kier molecular flexibility index (Phi) is 4.42. The van der Waals surface area contributed by atoms with E-state index in [1.54, 1.807) is 0 Å². The Bertz CT molecular complexity index is 273. The van der Waals surface area contributed by atoms with E-state index in [0.29, 0.717) is 5.92 Å². The summed E-state index contributed by atoms with van der Waals surface area (Å²) in [6, 6.07) is 0. The summed E-state index contributed by atoms with van der Waals surface area (Å²) in [6.45, 7) is 15.3. The lowest BCUT2D eigenvalue weighted by Gasteiger charge is -2.33. The van der Waals surface area contributed by atoms with Gasteiger partial charge >= 0.3 is 0 Å². The zero-order valence-corrected chi connectivity index (χ0v) is 12.4. The molecule has 0 amide bonds. The molecule has 0 saturated carbocycles. The summed E-state index contributed by atoms with van der Waals surface area (Å²) in [7, 11) is -1.44. The van der Waals surface area contributed by atoms with Crippen LogP contribution in [0.15, 0.2) is 24.5 Å². The first-order valence-corrected chi connectivity index (χ1v) is 9.76. The molecule has 0 saturated heterocycles. The third-order valence-electron chi connectivity index (χ3n) is 3.16. The van der Waals surface area contributed by atoms with Crippen molar-refractivity contribution in [2.75, 3.05) is 0 Å². The predicted molar refractivity (Wildman–Crippen MR) is 73.8 cm³/mol. The van der Waals surface area contributed by atoms with Crippen LogP contribution in [0.5, 0.6) is 0 Å². The highest BCUT2D eigenvalue weighted by molar-refractivity contribution is 6.70. The summed E-state index contributed by atoms with van der Waals surface area (Å²) in [6.07, 6.45) is 6.74. The van der Waals surface area contributed by atoms with Gasteiger partial charge < -0.3 is 4.43 Å². The molecule has 1 aliphatic carbocycles. The summed E-state index contributed by atoms with van der Waals surface area (Å²) in [5.41, 5.74) is 0. The van der Waals surface area contributed by atoms with Gasteiger partial charge in [0, 0.05) is 12.3 Å². The van der Waals surface area contributed by atoms with E-state index in [-0.39, 0.29) is 0 Å². The molecule has 0 aliphatic heterocycles. The van der Waals surface area contributed by atoms with Crippen molar-refractivity contribution in [1.29, 1.82) is 0 Å². The van der Waals surface area contributed by atoms with Crippen molar-refractivity contribution < 1.29 is 4.43 Å². The smallest absolute Gasteiger partial charge is 0.241 e. The molecule has 2 heteroatoms. The minimum atomic E-state index is -1.44. The normalized spacial score (nSPS) is 26.5. The van der Waals surface area contributed by atoms with E-state index < -0.39 is 8.32 Å². The average molecular weight is 238 g/mol. The molecule has 0 aromatic rings. The van der Waals surface area contributed by atoms with Crippen molar-refractivity contribution in [3.63, 3.8) is 0 Å². The van der Waals surface area contributed by atoms with Crippen LogP contribution in [0, 0.1) is 17.8 Å². The zero-order valence-electron chi connectivity index (χ0n) is 11.4. The first kappa shape index (κ1) is 13.6. The monoisotopic (exact) mass is 238 g/mol. The maximum Gasteiger partial charge on any atom is 0.241 e. The Morgan fingerprint density at radius 1 is 1.44 bits per heavy atom. The number of hydrogen-bond acceptors (Lipinski definition) is 1. The third-order valence-corrected chi connectivity index (χ3v) is 4.04. The molecule has 0 aromatic heterocycles.